The Morgan fingerprint density at radius 2 is 2.00 bits per heavy atom. The van der Waals surface area contributed by atoms with Crippen LogP contribution in [0.1, 0.15) is 20.8 Å². The Bertz CT molecular complexity index is 215. The normalized spacial score (nSPS) is 11.5. The number of aromatic nitrogens is 2. The molecule has 2 nitrogen and oxygen atoms in total. The first-order valence-electron chi connectivity index (χ1n) is 3.63. The summed E-state index contributed by atoms with van der Waals surface area (Å²) < 4.78 is 1.93. The number of hydrogen-bond acceptors (Lipinski definition) is 2. The molecule has 0 aromatic carbocycles. The maximum atomic E-state index is 3.86. The summed E-state index contributed by atoms with van der Waals surface area (Å²) in [6.45, 7) is 6.87. The van der Waals surface area contributed by atoms with Crippen LogP contribution in [-0.2, 0) is 0 Å². The summed E-state index contributed by atoms with van der Waals surface area (Å²) >= 11 is -0.452. The molecule has 2 radical (unpaired) electrons. The molecule has 3 heteroatoms. The third-order valence-electron chi connectivity index (χ3n) is 1.10. The van der Waals surface area contributed by atoms with E-state index < -0.39 is 21.1 Å². The van der Waals surface area contributed by atoms with Gasteiger partial charge in [-0.1, -0.05) is 0 Å². The van der Waals surface area contributed by atoms with Gasteiger partial charge in [0.2, 0.25) is 0 Å². The third kappa shape index (κ3) is 3.70. The molecule has 0 N–H and O–H groups in total. The van der Waals surface area contributed by atoms with Crippen molar-refractivity contribution in [3.05, 3.63) is 18.5 Å². The van der Waals surface area contributed by atoms with E-state index in [1.165, 1.54) is 3.58 Å². The SMILES string of the molecule is C[C](C)(C)[Sn][c]1ccnnc1. The van der Waals surface area contributed by atoms with E-state index in [2.05, 4.69) is 37.0 Å². The van der Waals surface area contributed by atoms with Crippen molar-refractivity contribution in [3.8, 4) is 0 Å². The Hall–Kier alpha value is -0.121. The van der Waals surface area contributed by atoms with Crippen molar-refractivity contribution < 1.29 is 0 Å². The van der Waals surface area contributed by atoms with Crippen LogP contribution < -0.4 is 3.58 Å². The molecular weight excluding hydrogens is 243 g/mol. The quantitative estimate of drug-likeness (QED) is 0.700. The van der Waals surface area contributed by atoms with Crippen LogP contribution in [0.25, 0.3) is 0 Å². The molecule has 0 unspecified atom stereocenters. The first kappa shape index (κ1) is 8.97. The van der Waals surface area contributed by atoms with Gasteiger partial charge in [-0.15, -0.1) is 0 Å². The number of hydrogen-bond donors (Lipinski definition) is 0. The molecule has 1 rings (SSSR count). The zero-order valence-electron chi connectivity index (χ0n) is 7.13. The molecule has 0 saturated carbocycles. The van der Waals surface area contributed by atoms with Crippen LogP contribution >= 0.6 is 0 Å². The predicted molar refractivity (Wildman–Crippen MR) is 47.1 cm³/mol. The van der Waals surface area contributed by atoms with Crippen molar-refractivity contribution in [2.24, 2.45) is 0 Å². The predicted octanol–water partition coefficient (Wildman–Crippen LogP) is 1.02. The zero-order chi connectivity index (χ0) is 8.32. The molecule has 0 fully saturated rings. The van der Waals surface area contributed by atoms with Crippen LogP contribution in [0.3, 0.4) is 0 Å². The van der Waals surface area contributed by atoms with Crippen molar-refractivity contribution in [2.75, 3.05) is 0 Å². The van der Waals surface area contributed by atoms with Crippen molar-refractivity contribution >= 4 is 24.7 Å². The molecule has 58 valence electrons. The summed E-state index contributed by atoms with van der Waals surface area (Å²) in [5.74, 6) is 0. The van der Waals surface area contributed by atoms with Gasteiger partial charge in [-0.25, -0.2) is 0 Å². The van der Waals surface area contributed by atoms with Gasteiger partial charge >= 0.3 is 77.6 Å². The molecule has 0 atom stereocenters. The molecule has 1 aromatic rings. The van der Waals surface area contributed by atoms with Crippen LogP contribution in [0.4, 0.5) is 0 Å². The molecule has 0 aliphatic rings. The summed E-state index contributed by atoms with van der Waals surface area (Å²) in [5, 5.41) is 7.61. The Kier molecular flexibility index (Phi) is 2.87. The van der Waals surface area contributed by atoms with Crippen molar-refractivity contribution in [3.63, 3.8) is 0 Å². The fraction of sp³-hybridized carbons (Fsp3) is 0.500. The summed E-state index contributed by atoms with van der Waals surface area (Å²) in [5.41, 5.74) is 0. The Morgan fingerprint density at radius 3 is 2.45 bits per heavy atom. The van der Waals surface area contributed by atoms with Gasteiger partial charge in [0.25, 0.3) is 0 Å². The van der Waals surface area contributed by atoms with Crippen LogP contribution in [-0.4, -0.2) is 31.3 Å². The van der Waals surface area contributed by atoms with Gasteiger partial charge in [0.15, 0.2) is 0 Å². The summed E-state index contributed by atoms with van der Waals surface area (Å²) in [4.78, 5) is 0. The standard InChI is InChI=1S/C4H3N2.C4H9.Sn/c1-2-4-6-5-3-1;1-4(2)3;/h1,3-4H;1-3H3;. The summed E-state index contributed by atoms with van der Waals surface area (Å²) in [6.07, 6.45) is 3.68. The number of nitrogens with zero attached hydrogens (tertiary/aromatic N) is 2. The van der Waals surface area contributed by atoms with Crippen LogP contribution in [0, 0.1) is 0 Å². The molecule has 0 amide bonds. The van der Waals surface area contributed by atoms with E-state index in [-0.39, 0.29) is 0 Å². The van der Waals surface area contributed by atoms with E-state index in [1.54, 1.807) is 6.20 Å². The van der Waals surface area contributed by atoms with E-state index in [0.717, 1.165) is 0 Å². The molecule has 0 aliphatic heterocycles. The Balaban J connectivity index is 2.66. The molecular formula is C8H12N2Sn. The van der Waals surface area contributed by atoms with Crippen molar-refractivity contribution in [1.82, 2.24) is 10.2 Å². The van der Waals surface area contributed by atoms with Gasteiger partial charge in [-0.05, 0) is 0 Å². The molecule has 0 aliphatic carbocycles. The monoisotopic (exact) mass is 256 g/mol. The van der Waals surface area contributed by atoms with Crippen LogP contribution in [0.5, 0.6) is 0 Å². The van der Waals surface area contributed by atoms with Crippen molar-refractivity contribution in [2.45, 2.75) is 24.2 Å². The van der Waals surface area contributed by atoms with Gasteiger partial charge in [0.1, 0.15) is 0 Å². The fourth-order valence-corrected chi connectivity index (χ4v) is 4.07. The number of rotatable bonds is 1. The van der Waals surface area contributed by atoms with Crippen molar-refractivity contribution in [1.29, 1.82) is 0 Å². The minimum atomic E-state index is -0.452. The molecule has 0 saturated heterocycles. The molecule has 0 bridgehead atoms. The summed E-state index contributed by atoms with van der Waals surface area (Å²) in [6, 6.07) is 2.09. The Morgan fingerprint density at radius 1 is 1.27 bits per heavy atom. The van der Waals surface area contributed by atoms with E-state index in [9.17, 15) is 0 Å². The van der Waals surface area contributed by atoms with E-state index in [0.29, 0.717) is 3.43 Å². The molecule has 1 heterocycles. The second-order valence-corrected chi connectivity index (χ2v) is 10.1. The first-order valence-corrected chi connectivity index (χ1v) is 6.48. The Labute approximate surface area is 77.6 Å². The maximum absolute atomic E-state index is 3.86. The van der Waals surface area contributed by atoms with E-state index >= 15 is 0 Å². The topological polar surface area (TPSA) is 25.8 Å². The zero-order valence-corrected chi connectivity index (χ0v) is 9.98. The second kappa shape index (κ2) is 3.52. The third-order valence-corrected chi connectivity index (χ3v) is 4.91. The van der Waals surface area contributed by atoms with Gasteiger partial charge < -0.3 is 0 Å². The molecule has 1 aromatic heterocycles. The fourth-order valence-electron chi connectivity index (χ4n) is 0.798. The van der Waals surface area contributed by atoms with Gasteiger partial charge in [0, 0.05) is 0 Å². The van der Waals surface area contributed by atoms with Crippen LogP contribution in [0.2, 0.25) is 3.43 Å². The first-order chi connectivity index (χ1) is 5.08. The van der Waals surface area contributed by atoms with E-state index in [1.807, 2.05) is 6.20 Å². The van der Waals surface area contributed by atoms with Crippen LogP contribution in [0.15, 0.2) is 18.5 Å². The average molecular weight is 255 g/mol. The average Bonchev–Trinajstić information content (AvgIpc) is 1.85. The van der Waals surface area contributed by atoms with Gasteiger partial charge in [-0.2, -0.15) is 0 Å². The molecule has 0 spiro atoms. The van der Waals surface area contributed by atoms with Gasteiger partial charge in [-0.3, -0.25) is 0 Å². The summed E-state index contributed by atoms with van der Waals surface area (Å²) in [7, 11) is 0. The molecule has 11 heavy (non-hydrogen) atoms. The minimum absolute atomic E-state index is 0.452. The second-order valence-electron chi connectivity index (χ2n) is 3.51. The van der Waals surface area contributed by atoms with E-state index in [4.69, 9.17) is 0 Å². The van der Waals surface area contributed by atoms with Gasteiger partial charge in [0.05, 0.1) is 0 Å².